The van der Waals surface area contributed by atoms with Crippen LogP contribution in [0.1, 0.15) is 12.7 Å². The van der Waals surface area contributed by atoms with Gasteiger partial charge in [-0.15, -0.1) is 10.2 Å². The molecule has 3 aromatic rings. The van der Waals surface area contributed by atoms with E-state index in [9.17, 15) is 4.79 Å². The van der Waals surface area contributed by atoms with Gasteiger partial charge in [0.05, 0.1) is 6.26 Å². The van der Waals surface area contributed by atoms with Gasteiger partial charge in [0.15, 0.2) is 0 Å². The van der Waals surface area contributed by atoms with Crippen LogP contribution in [0.5, 0.6) is 0 Å². The van der Waals surface area contributed by atoms with Crippen LogP contribution in [-0.4, -0.2) is 31.8 Å². The maximum absolute atomic E-state index is 11.9. The van der Waals surface area contributed by atoms with Gasteiger partial charge < -0.3 is 4.42 Å². The van der Waals surface area contributed by atoms with Crippen LogP contribution < -0.4 is 5.43 Å². The summed E-state index contributed by atoms with van der Waals surface area (Å²) in [6.45, 7) is 1.66. The Kier molecular flexibility index (Phi) is 4.23. The number of hydrogen-bond donors (Lipinski definition) is 1. The first-order valence-corrected chi connectivity index (χ1v) is 6.92. The third-order valence-electron chi connectivity index (χ3n) is 3.00. The van der Waals surface area contributed by atoms with E-state index in [0.717, 1.165) is 5.56 Å². The number of amides is 1. The van der Waals surface area contributed by atoms with Crippen molar-refractivity contribution < 1.29 is 9.21 Å². The third kappa shape index (κ3) is 3.67. The summed E-state index contributed by atoms with van der Waals surface area (Å²) in [6.07, 6.45) is 1.54. The van der Waals surface area contributed by atoms with Crippen molar-refractivity contribution in [3.05, 3.63) is 54.5 Å². The number of hydrazone groups is 1. The SMILES string of the molecule is C/C(=N/NC(=O)Cn1nnc(-c2ccccc2)n1)c1ccco1. The van der Waals surface area contributed by atoms with Crippen LogP contribution in [0, 0.1) is 0 Å². The number of hydrogen-bond acceptors (Lipinski definition) is 6. The molecule has 116 valence electrons. The number of nitrogens with zero attached hydrogens (tertiary/aromatic N) is 5. The van der Waals surface area contributed by atoms with Crippen molar-refractivity contribution in [1.29, 1.82) is 0 Å². The largest absolute Gasteiger partial charge is 0.463 e. The zero-order valence-corrected chi connectivity index (χ0v) is 12.4. The van der Waals surface area contributed by atoms with Gasteiger partial charge in [-0.3, -0.25) is 4.79 Å². The van der Waals surface area contributed by atoms with Gasteiger partial charge in [-0.1, -0.05) is 30.3 Å². The summed E-state index contributed by atoms with van der Waals surface area (Å²) in [4.78, 5) is 13.1. The molecule has 0 unspecified atom stereocenters. The van der Waals surface area contributed by atoms with Crippen LogP contribution in [0.25, 0.3) is 11.4 Å². The summed E-state index contributed by atoms with van der Waals surface area (Å²) in [6, 6.07) is 12.9. The summed E-state index contributed by atoms with van der Waals surface area (Å²) < 4.78 is 5.18. The zero-order valence-electron chi connectivity index (χ0n) is 12.4. The van der Waals surface area contributed by atoms with E-state index < -0.39 is 0 Å². The predicted molar refractivity (Wildman–Crippen MR) is 82.3 cm³/mol. The molecule has 23 heavy (non-hydrogen) atoms. The lowest BCUT2D eigenvalue weighted by Gasteiger charge is -2.00. The monoisotopic (exact) mass is 310 g/mol. The van der Waals surface area contributed by atoms with E-state index in [1.165, 1.54) is 4.80 Å². The first-order chi connectivity index (χ1) is 11.2. The van der Waals surface area contributed by atoms with Gasteiger partial charge in [-0.25, -0.2) is 5.43 Å². The van der Waals surface area contributed by atoms with Gasteiger partial charge in [0.2, 0.25) is 5.82 Å². The minimum absolute atomic E-state index is 0.0746. The molecule has 0 aliphatic rings. The van der Waals surface area contributed by atoms with Gasteiger partial charge in [0, 0.05) is 5.56 Å². The number of rotatable bonds is 5. The molecule has 0 atom stereocenters. The van der Waals surface area contributed by atoms with Crippen LogP contribution in [-0.2, 0) is 11.3 Å². The van der Waals surface area contributed by atoms with Crippen molar-refractivity contribution >= 4 is 11.6 Å². The quantitative estimate of drug-likeness (QED) is 0.568. The molecule has 1 N–H and O–H groups in total. The maximum atomic E-state index is 11.9. The summed E-state index contributed by atoms with van der Waals surface area (Å²) in [5, 5.41) is 15.9. The van der Waals surface area contributed by atoms with Crippen molar-refractivity contribution in [3.8, 4) is 11.4 Å². The van der Waals surface area contributed by atoms with Crippen molar-refractivity contribution in [3.63, 3.8) is 0 Å². The Labute approximate surface area is 131 Å². The molecule has 0 saturated heterocycles. The van der Waals surface area contributed by atoms with Crippen molar-refractivity contribution in [2.24, 2.45) is 5.10 Å². The standard InChI is InChI=1S/C15H14N6O2/c1-11(13-8-5-9-23-13)16-17-14(22)10-21-19-15(18-20-21)12-6-3-2-4-7-12/h2-9H,10H2,1H3,(H,17,22)/b16-11-. The number of carbonyl (C=O) groups is 1. The van der Waals surface area contributed by atoms with E-state index in [2.05, 4.69) is 25.9 Å². The molecule has 3 rings (SSSR count). The molecular formula is C15H14N6O2. The lowest BCUT2D eigenvalue weighted by molar-refractivity contribution is -0.122. The zero-order chi connectivity index (χ0) is 16.1. The van der Waals surface area contributed by atoms with E-state index in [-0.39, 0.29) is 12.5 Å². The van der Waals surface area contributed by atoms with E-state index in [1.807, 2.05) is 30.3 Å². The number of nitrogens with one attached hydrogen (secondary N) is 1. The molecule has 8 heteroatoms. The molecule has 0 radical (unpaired) electrons. The number of tetrazole rings is 1. The average molecular weight is 310 g/mol. The minimum Gasteiger partial charge on any atom is -0.463 e. The molecule has 2 aromatic heterocycles. The van der Waals surface area contributed by atoms with E-state index in [1.54, 1.807) is 25.3 Å². The predicted octanol–water partition coefficient (Wildman–Crippen LogP) is 1.47. The summed E-state index contributed by atoms with van der Waals surface area (Å²) in [7, 11) is 0. The molecule has 2 heterocycles. The second-order valence-corrected chi connectivity index (χ2v) is 4.72. The summed E-state index contributed by atoms with van der Waals surface area (Å²) in [5.74, 6) is 0.706. The fourth-order valence-electron chi connectivity index (χ4n) is 1.86. The first-order valence-electron chi connectivity index (χ1n) is 6.92. The van der Waals surface area contributed by atoms with E-state index >= 15 is 0 Å². The van der Waals surface area contributed by atoms with Gasteiger partial charge in [0.1, 0.15) is 18.0 Å². The average Bonchev–Trinajstić information content (AvgIpc) is 3.25. The molecule has 1 amide bonds. The Morgan fingerprint density at radius 1 is 1.26 bits per heavy atom. The highest BCUT2D eigenvalue weighted by Gasteiger charge is 2.09. The van der Waals surface area contributed by atoms with Gasteiger partial charge in [-0.05, 0) is 24.3 Å². The number of furan rings is 1. The fourth-order valence-corrected chi connectivity index (χ4v) is 1.86. The molecule has 1 aromatic carbocycles. The number of benzene rings is 1. The fraction of sp³-hybridized carbons (Fsp3) is 0.133. The Morgan fingerprint density at radius 2 is 2.09 bits per heavy atom. The molecule has 0 bridgehead atoms. The Bertz CT molecular complexity index is 808. The van der Waals surface area contributed by atoms with Gasteiger partial charge in [0.25, 0.3) is 5.91 Å². The molecule has 0 spiro atoms. The Hall–Kier alpha value is -3.29. The van der Waals surface area contributed by atoms with E-state index in [4.69, 9.17) is 4.42 Å². The molecular weight excluding hydrogens is 296 g/mol. The van der Waals surface area contributed by atoms with Crippen LogP contribution >= 0.6 is 0 Å². The molecule has 0 saturated carbocycles. The van der Waals surface area contributed by atoms with Gasteiger partial charge >= 0.3 is 0 Å². The molecule has 8 nitrogen and oxygen atoms in total. The third-order valence-corrected chi connectivity index (χ3v) is 3.00. The van der Waals surface area contributed by atoms with Crippen LogP contribution in [0.4, 0.5) is 0 Å². The first kappa shape index (κ1) is 14.6. The maximum Gasteiger partial charge on any atom is 0.263 e. The smallest absolute Gasteiger partial charge is 0.263 e. The number of carbonyl (C=O) groups excluding carboxylic acids is 1. The highest BCUT2D eigenvalue weighted by molar-refractivity contribution is 5.96. The molecule has 0 aliphatic heterocycles. The Morgan fingerprint density at radius 3 is 2.83 bits per heavy atom. The van der Waals surface area contributed by atoms with Crippen molar-refractivity contribution in [1.82, 2.24) is 25.6 Å². The lowest BCUT2D eigenvalue weighted by atomic mass is 10.2. The van der Waals surface area contributed by atoms with E-state index in [0.29, 0.717) is 17.3 Å². The summed E-state index contributed by atoms with van der Waals surface area (Å²) >= 11 is 0. The van der Waals surface area contributed by atoms with Crippen molar-refractivity contribution in [2.45, 2.75) is 13.5 Å². The second kappa shape index (κ2) is 6.65. The normalized spacial score (nSPS) is 11.4. The number of aromatic nitrogens is 4. The van der Waals surface area contributed by atoms with Crippen molar-refractivity contribution in [2.75, 3.05) is 0 Å². The van der Waals surface area contributed by atoms with Crippen LogP contribution in [0.3, 0.4) is 0 Å². The summed E-state index contributed by atoms with van der Waals surface area (Å²) in [5.41, 5.74) is 3.84. The second-order valence-electron chi connectivity index (χ2n) is 4.72. The highest BCUT2D eigenvalue weighted by Crippen LogP contribution is 2.11. The highest BCUT2D eigenvalue weighted by atomic mass is 16.3. The van der Waals surface area contributed by atoms with Crippen LogP contribution in [0.15, 0.2) is 58.2 Å². The van der Waals surface area contributed by atoms with Crippen LogP contribution in [0.2, 0.25) is 0 Å². The molecule has 0 aliphatic carbocycles. The topological polar surface area (TPSA) is 98.2 Å². The van der Waals surface area contributed by atoms with Gasteiger partial charge in [-0.2, -0.15) is 9.90 Å². The minimum atomic E-state index is -0.354. The molecule has 0 fully saturated rings. The Balaban J connectivity index is 1.60. The lowest BCUT2D eigenvalue weighted by Crippen LogP contribution is -2.25.